The van der Waals surface area contributed by atoms with Gasteiger partial charge >= 0.3 is 0 Å². The number of hydrogen-bond donors (Lipinski definition) is 2. The van der Waals surface area contributed by atoms with Crippen molar-refractivity contribution in [3.63, 3.8) is 0 Å². The number of rotatable bonds is 5. The van der Waals surface area contributed by atoms with Gasteiger partial charge in [0.05, 0.1) is 0 Å². The normalized spacial score (nSPS) is 15.3. The predicted molar refractivity (Wildman–Crippen MR) is 85.0 cm³/mol. The number of fused-ring (bicyclic) bond motifs is 1. The fraction of sp³-hybridized carbons (Fsp3) is 0.333. The van der Waals surface area contributed by atoms with Gasteiger partial charge in [-0.15, -0.1) is 11.3 Å². The molecule has 112 valence electrons. The summed E-state index contributed by atoms with van der Waals surface area (Å²) < 4.78 is 28.1. The van der Waals surface area contributed by atoms with Crippen molar-refractivity contribution in [3.8, 4) is 0 Å². The van der Waals surface area contributed by atoms with Gasteiger partial charge in [-0.05, 0) is 43.1 Å². The minimum Gasteiger partial charge on any atom is -0.315 e. The molecule has 0 saturated heterocycles. The van der Waals surface area contributed by atoms with Crippen LogP contribution >= 0.6 is 11.3 Å². The van der Waals surface area contributed by atoms with Crippen molar-refractivity contribution in [2.45, 2.75) is 29.6 Å². The Morgan fingerprint density at radius 1 is 1.14 bits per heavy atom. The molecule has 0 bridgehead atoms. The van der Waals surface area contributed by atoms with Crippen molar-refractivity contribution in [2.24, 2.45) is 0 Å². The monoisotopic (exact) mass is 322 g/mol. The van der Waals surface area contributed by atoms with Gasteiger partial charge in [0.15, 0.2) is 0 Å². The van der Waals surface area contributed by atoms with E-state index in [0.717, 1.165) is 17.7 Å². The number of benzene rings is 1. The van der Waals surface area contributed by atoms with E-state index in [4.69, 9.17) is 0 Å². The molecule has 1 aliphatic carbocycles. The van der Waals surface area contributed by atoms with Gasteiger partial charge in [-0.3, -0.25) is 0 Å². The van der Waals surface area contributed by atoms with E-state index in [2.05, 4.69) is 22.2 Å². The maximum Gasteiger partial charge on any atom is 0.250 e. The van der Waals surface area contributed by atoms with Crippen LogP contribution in [0.5, 0.6) is 0 Å². The molecular formula is C15H18N2O2S2. The lowest BCUT2D eigenvalue weighted by Gasteiger charge is -2.11. The molecule has 0 fully saturated rings. The van der Waals surface area contributed by atoms with Crippen LogP contribution in [-0.4, -0.2) is 21.5 Å². The van der Waals surface area contributed by atoms with Crippen LogP contribution in [0.25, 0.3) is 0 Å². The topological polar surface area (TPSA) is 58.2 Å². The second-order valence-corrected chi connectivity index (χ2v) is 8.36. The molecule has 3 rings (SSSR count). The molecule has 21 heavy (non-hydrogen) atoms. The van der Waals surface area contributed by atoms with E-state index >= 15 is 0 Å². The molecule has 1 aromatic carbocycles. The van der Waals surface area contributed by atoms with Crippen molar-refractivity contribution in [1.29, 1.82) is 0 Å². The van der Waals surface area contributed by atoms with E-state index in [1.807, 2.05) is 25.2 Å². The average molecular weight is 322 g/mol. The Bertz CT molecular complexity index is 713. The van der Waals surface area contributed by atoms with E-state index in [1.54, 1.807) is 6.07 Å². The van der Waals surface area contributed by atoms with E-state index in [9.17, 15) is 8.42 Å². The summed E-state index contributed by atoms with van der Waals surface area (Å²) in [5.74, 6) is 0. The number of sulfonamides is 1. The zero-order valence-corrected chi connectivity index (χ0v) is 13.4. The van der Waals surface area contributed by atoms with Gasteiger partial charge in [0.2, 0.25) is 10.0 Å². The van der Waals surface area contributed by atoms with Gasteiger partial charge in [0.25, 0.3) is 0 Å². The molecule has 6 heteroatoms. The first-order chi connectivity index (χ1) is 10.1. The smallest absolute Gasteiger partial charge is 0.250 e. The number of hydrogen-bond acceptors (Lipinski definition) is 4. The summed E-state index contributed by atoms with van der Waals surface area (Å²) in [6, 6.07) is 11.6. The summed E-state index contributed by atoms with van der Waals surface area (Å²) in [6.07, 6.45) is 1.54. The number of nitrogens with one attached hydrogen (secondary N) is 2. The zero-order valence-electron chi connectivity index (χ0n) is 11.8. The molecule has 0 aliphatic heterocycles. The molecule has 0 saturated carbocycles. The molecule has 0 radical (unpaired) electrons. The third-order valence-electron chi connectivity index (χ3n) is 3.63. The van der Waals surface area contributed by atoms with Gasteiger partial charge in [0, 0.05) is 17.5 Å². The largest absolute Gasteiger partial charge is 0.315 e. The first-order valence-electron chi connectivity index (χ1n) is 6.91. The molecule has 0 atom stereocenters. The van der Waals surface area contributed by atoms with Crippen molar-refractivity contribution in [1.82, 2.24) is 10.0 Å². The van der Waals surface area contributed by atoms with Crippen molar-refractivity contribution in [3.05, 3.63) is 52.4 Å². The third kappa shape index (κ3) is 3.18. The highest BCUT2D eigenvalue weighted by molar-refractivity contribution is 7.91. The first kappa shape index (κ1) is 14.7. The molecular weight excluding hydrogens is 304 g/mol. The van der Waals surface area contributed by atoms with Crippen LogP contribution in [0, 0.1) is 0 Å². The van der Waals surface area contributed by atoms with Gasteiger partial charge in [-0.2, -0.15) is 0 Å². The summed E-state index contributed by atoms with van der Waals surface area (Å²) in [6.45, 7) is 0.690. The fourth-order valence-electron chi connectivity index (χ4n) is 2.69. The molecule has 1 heterocycles. The van der Waals surface area contributed by atoms with Crippen LogP contribution < -0.4 is 10.0 Å². The van der Waals surface area contributed by atoms with E-state index in [0.29, 0.717) is 10.8 Å². The number of thiophene rings is 1. The lowest BCUT2D eigenvalue weighted by molar-refractivity contribution is 0.557. The molecule has 2 aromatic rings. The summed E-state index contributed by atoms with van der Waals surface area (Å²) in [5, 5.41) is 3.03. The predicted octanol–water partition coefficient (Wildman–Crippen LogP) is 1.91. The fourth-order valence-corrected chi connectivity index (χ4v) is 5.31. The summed E-state index contributed by atoms with van der Waals surface area (Å²) in [7, 11) is -1.57. The van der Waals surface area contributed by atoms with Gasteiger partial charge in [0.1, 0.15) is 4.21 Å². The Balaban J connectivity index is 1.72. The third-order valence-corrected chi connectivity index (χ3v) is 6.72. The van der Waals surface area contributed by atoms with Crippen molar-refractivity contribution in [2.75, 3.05) is 7.05 Å². The molecule has 1 aromatic heterocycles. The first-order valence-corrected chi connectivity index (χ1v) is 9.21. The second kappa shape index (κ2) is 5.88. The Morgan fingerprint density at radius 3 is 2.43 bits per heavy atom. The van der Waals surface area contributed by atoms with Gasteiger partial charge < -0.3 is 5.32 Å². The SMILES string of the molecule is CNCc1ccc(S(=O)(=O)NC2Cc3ccccc3C2)s1. The second-order valence-electron chi connectivity index (χ2n) is 5.25. The molecule has 0 spiro atoms. The summed E-state index contributed by atoms with van der Waals surface area (Å²) in [5.41, 5.74) is 2.49. The average Bonchev–Trinajstić information content (AvgIpc) is 3.04. The quantitative estimate of drug-likeness (QED) is 0.884. The molecule has 0 amide bonds. The highest BCUT2D eigenvalue weighted by Gasteiger charge is 2.27. The molecule has 0 unspecified atom stereocenters. The van der Waals surface area contributed by atoms with Crippen LogP contribution in [0.15, 0.2) is 40.6 Å². The van der Waals surface area contributed by atoms with E-state index in [-0.39, 0.29) is 6.04 Å². The molecule has 1 aliphatic rings. The molecule has 2 N–H and O–H groups in total. The lowest BCUT2D eigenvalue weighted by Crippen LogP contribution is -2.34. The van der Waals surface area contributed by atoms with Crippen LogP contribution in [0.3, 0.4) is 0 Å². The Morgan fingerprint density at radius 2 is 1.81 bits per heavy atom. The Kier molecular flexibility index (Phi) is 4.12. The maximum absolute atomic E-state index is 12.4. The van der Waals surface area contributed by atoms with Gasteiger partial charge in [-0.25, -0.2) is 13.1 Å². The highest BCUT2D eigenvalue weighted by atomic mass is 32.2. The van der Waals surface area contributed by atoms with E-state index < -0.39 is 10.0 Å². The van der Waals surface area contributed by atoms with Crippen LogP contribution in [0.1, 0.15) is 16.0 Å². The van der Waals surface area contributed by atoms with Crippen molar-refractivity contribution < 1.29 is 8.42 Å². The van der Waals surface area contributed by atoms with Crippen molar-refractivity contribution >= 4 is 21.4 Å². The minimum atomic E-state index is -3.42. The van der Waals surface area contributed by atoms with Crippen LogP contribution in [0.2, 0.25) is 0 Å². The Labute approximate surface area is 129 Å². The Hall–Kier alpha value is -1.21. The van der Waals surface area contributed by atoms with Crippen LogP contribution in [-0.2, 0) is 29.4 Å². The van der Waals surface area contributed by atoms with E-state index in [1.165, 1.54) is 22.5 Å². The molecule has 4 nitrogen and oxygen atoms in total. The lowest BCUT2D eigenvalue weighted by atomic mass is 10.1. The standard InChI is InChI=1S/C15H18N2O2S2/c1-16-10-14-6-7-15(20-14)21(18,19)17-13-8-11-4-2-3-5-12(11)9-13/h2-7,13,16-17H,8-10H2,1H3. The zero-order chi connectivity index (χ0) is 14.9. The summed E-state index contributed by atoms with van der Waals surface area (Å²) >= 11 is 1.32. The summed E-state index contributed by atoms with van der Waals surface area (Å²) in [4.78, 5) is 1.02. The minimum absolute atomic E-state index is 0.0396. The van der Waals surface area contributed by atoms with Crippen LogP contribution in [0.4, 0.5) is 0 Å². The maximum atomic E-state index is 12.4. The highest BCUT2D eigenvalue weighted by Crippen LogP contribution is 2.25. The van der Waals surface area contributed by atoms with Gasteiger partial charge in [-0.1, -0.05) is 24.3 Å².